The molecule has 1 aliphatic rings. The van der Waals surface area contributed by atoms with Crippen LogP contribution in [0.1, 0.15) is 33.4 Å². The number of phenols is 1. The topological polar surface area (TPSA) is 37.3 Å². The molecule has 0 atom stereocenters. The maximum Gasteiger partial charge on any atom is 0.195 e. The van der Waals surface area contributed by atoms with E-state index in [1.807, 2.05) is 127 Å². The molecule has 0 aliphatic heterocycles. The van der Waals surface area contributed by atoms with E-state index in [4.69, 9.17) is 0 Å². The first kappa shape index (κ1) is 24.0. The Hall–Kier alpha value is -5.39. The zero-order valence-corrected chi connectivity index (χ0v) is 21.1. The van der Waals surface area contributed by atoms with Crippen LogP contribution in [-0.4, -0.2) is 10.9 Å². The molecular weight excluding hydrogens is 476 g/mol. The summed E-state index contributed by atoms with van der Waals surface area (Å²) in [5, 5.41) is 10.0. The van der Waals surface area contributed by atoms with Gasteiger partial charge < -0.3 is 5.11 Å². The third kappa shape index (κ3) is 4.82. The Balaban J connectivity index is 1.56. The molecule has 2 heteroatoms. The average Bonchev–Trinajstić information content (AvgIpc) is 3.30. The van der Waals surface area contributed by atoms with E-state index in [2.05, 4.69) is 11.8 Å². The van der Waals surface area contributed by atoms with Crippen LogP contribution in [0.25, 0.3) is 22.3 Å². The van der Waals surface area contributed by atoms with Gasteiger partial charge in [0.2, 0.25) is 0 Å². The summed E-state index contributed by atoms with van der Waals surface area (Å²) in [5.74, 6) is 6.62. The first-order chi connectivity index (χ1) is 19.2. The summed E-state index contributed by atoms with van der Waals surface area (Å²) in [5.41, 5.74) is 8.44. The van der Waals surface area contributed by atoms with Gasteiger partial charge in [0, 0.05) is 33.4 Å². The minimum atomic E-state index is -0.0154. The Morgan fingerprint density at radius 2 is 0.744 bits per heavy atom. The van der Waals surface area contributed by atoms with E-state index in [0.717, 1.165) is 44.5 Å². The summed E-state index contributed by atoms with van der Waals surface area (Å²) in [6, 6.07) is 44.7. The molecule has 0 aromatic heterocycles. The van der Waals surface area contributed by atoms with Crippen LogP contribution in [0.3, 0.4) is 0 Å². The Morgan fingerprint density at radius 1 is 0.385 bits per heavy atom. The molecule has 0 amide bonds. The van der Waals surface area contributed by atoms with Gasteiger partial charge in [-0.25, -0.2) is 0 Å². The molecule has 0 heterocycles. The largest absolute Gasteiger partial charge is 0.508 e. The van der Waals surface area contributed by atoms with Crippen molar-refractivity contribution >= 4 is 28.1 Å². The molecular formula is C37H24O2. The molecule has 0 bridgehead atoms. The highest BCUT2D eigenvalue weighted by molar-refractivity contribution is 6.59. The van der Waals surface area contributed by atoms with Crippen LogP contribution in [-0.2, 0) is 4.79 Å². The summed E-state index contributed by atoms with van der Waals surface area (Å²) in [6.07, 6.45) is 0. The van der Waals surface area contributed by atoms with Crippen molar-refractivity contribution in [1.82, 2.24) is 0 Å². The lowest BCUT2D eigenvalue weighted by Gasteiger charge is -2.14. The van der Waals surface area contributed by atoms with Crippen LogP contribution in [0.4, 0.5) is 0 Å². The maximum atomic E-state index is 14.3. The van der Waals surface area contributed by atoms with Gasteiger partial charge in [0.05, 0.1) is 0 Å². The highest BCUT2D eigenvalue weighted by atomic mass is 16.3. The van der Waals surface area contributed by atoms with Crippen LogP contribution in [0.15, 0.2) is 140 Å². The fraction of sp³-hybridized carbons (Fsp3) is 0. The average molecular weight is 501 g/mol. The summed E-state index contributed by atoms with van der Waals surface area (Å²) in [7, 11) is 0. The van der Waals surface area contributed by atoms with Gasteiger partial charge in [-0.3, -0.25) is 4.79 Å². The molecule has 6 rings (SSSR count). The fourth-order valence-electron chi connectivity index (χ4n) is 4.95. The molecule has 0 fully saturated rings. The predicted octanol–water partition coefficient (Wildman–Crippen LogP) is 7.90. The van der Waals surface area contributed by atoms with Gasteiger partial charge in [-0.2, -0.15) is 0 Å². The summed E-state index contributed by atoms with van der Waals surface area (Å²) in [6.45, 7) is 0. The first-order valence-corrected chi connectivity index (χ1v) is 12.8. The SMILES string of the molecule is O=C1C(c2ccccc2)=C(c2ccc(O)cc2)C(c2ccc(C#Cc3ccccc3)cc2)=C1c1ccccc1. The number of Topliss-reactive ketones (excluding diaryl/α,β-unsaturated/α-hetero) is 1. The number of rotatable bonds is 4. The molecule has 39 heavy (non-hydrogen) atoms. The predicted molar refractivity (Wildman–Crippen MR) is 158 cm³/mol. The Kier molecular flexibility index (Phi) is 6.48. The second-order valence-corrected chi connectivity index (χ2v) is 9.30. The van der Waals surface area contributed by atoms with Gasteiger partial charge in [0.1, 0.15) is 5.75 Å². The molecule has 0 unspecified atom stereocenters. The lowest BCUT2D eigenvalue weighted by Crippen LogP contribution is -2.01. The van der Waals surface area contributed by atoms with Crippen molar-refractivity contribution in [2.45, 2.75) is 0 Å². The molecule has 0 saturated heterocycles. The van der Waals surface area contributed by atoms with Gasteiger partial charge in [0.25, 0.3) is 0 Å². The number of phenolic OH excluding ortho intramolecular Hbond substituents is 1. The number of carbonyl (C=O) groups is 1. The number of hydrogen-bond acceptors (Lipinski definition) is 2. The van der Waals surface area contributed by atoms with Crippen molar-refractivity contribution in [2.24, 2.45) is 0 Å². The van der Waals surface area contributed by atoms with E-state index in [9.17, 15) is 9.90 Å². The number of carbonyl (C=O) groups excluding carboxylic acids is 1. The number of aromatic hydroxyl groups is 1. The van der Waals surface area contributed by atoms with E-state index in [0.29, 0.717) is 11.1 Å². The lowest BCUT2D eigenvalue weighted by molar-refractivity contribution is -0.108. The van der Waals surface area contributed by atoms with Crippen molar-refractivity contribution in [3.63, 3.8) is 0 Å². The van der Waals surface area contributed by atoms with Crippen molar-refractivity contribution in [3.05, 3.63) is 173 Å². The summed E-state index contributed by atoms with van der Waals surface area (Å²) < 4.78 is 0. The standard InChI is InChI=1S/C37H24O2/c38-32-24-22-31(23-25-32)34-33(30-20-18-27(19-21-30)17-16-26-10-4-1-5-11-26)35(28-12-6-2-7-13-28)37(39)36(34)29-14-8-3-9-15-29/h1-15,18-25,38H. The second kappa shape index (κ2) is 10.5. The van der Waals surface area contributed by atoms with E-state index < -0.39 is 0 Å². The molecule has 0 saturated carbocycles. The smallest absolute Gasteiger partial charge is 0.195 e. The number of benzene rings is 5. The molecule has 5 aromatic carbocycles. The molecule has 1 N–H and O–H groups in total. The van der Waals surface area contributed by atoms with Gasteiger partial charge in [-0.1, -0.05) is 115 Å². The quantitative estimate of drug-likeness (QED) is 0.255. The van der Waals surface area contributed by atoms with E-state index in [1.165, 1.54) is 0 Å². The van der Waals surface area contributed by atoms with Crippen molar-refractivity contribution in [3.8, 4) is 17.6 Å². The Labute approximate surface area is 228 Å². The van der Waals surface area contributed by atoms with Gasteiger partial charge >= 0.3 is 0 Å². The van der Waals surface area contributed by atoms with Crippen LogP contribution in [0.5, 0.6) is 5.75 Å². The molecule has 5 aromatic rings. The van der Waals surface area contributed by atoms with Crippen LogP contribution < -0.4 is 0 Å². The highest BCUT2D eigenvalue weighted by Gasteiger charge is 2.35. The fourth-order valence-corrected chi connectivity index (χ4v) is 4.95. The van der Waals surface area contributed by atoms with Gasteiger partial charge in [-0.05, 0) is 58.7 Å². The third-order valence-electron chi connectivity index (χ3n) is 6.78. The molecule has 0 spiro atoms. The highest BCUT2D eigenvalue weighted by Crippen LogP contribution is 2.49. The molecule has 184 valence electrons. The molecule has 1 aliphatic carbocycles. The number of allylic oxidation sites excluding steroid dienone is 4. The van der Waals surface area contributed by atoms with Gasteiger partial charge in [0.15, 0.2) is 5.78 Å². The van der Waals surface area contributed by atoms with Crippen molar-refractivity contribution < 1.29 is 9.90 Å². The minimum absolute atomic E-state index is 0.0154. The Bertz CT molecular complexity index is 1770. The van der Waals surface area contributed by atoms with Crippen LogP contribution >= 0.6 is 0 Å². The van der Waals surface area contributed by atoms with Crippen molar-refractivity contribution in [2.75, 3.05) is 0 Å². The summed E-state index contributed by atoms with van der Waals surface area (Å²) in [4.78, 5) is 14.3. The lowest BCUT2D eigenvalue weighted by atomic mass is 9.89. The minimum Gasteiger partial charge on any atom is -0.508 e. The first-order valence-electron chi connectivity index (χ1n) is 12.8. The number of hydrogen-bond donors (Lipinski definition) is 1. The third-order valence-corrected chi connectivity index (χ3v) is 6.78. The van der Waals surface area contributed by atoms with Gasteiger partial charge in [-0.15, -0.1) is 0 Å². The Morgan fingerprint density at radius 3 is 1.21 bits per heavy atom. The van der Waals surface area contributed by atoms with Crippen LogP contribution in [0.2, 0.25) is 0 Å². The van der Waals surface area contributed by atoms with Crippen LogP contribution in [0, 0.1) is 11.8 Å². The van der Waals surface area contributed by atoms with E-state index in [-0.39, 0.29) is 11.5 Å². The zero-order valence-electron chi connectivity index (χ0n) is 21.1. The molecule has 0 radical (unpaired) electrons. The molecule has 2 nitrogen and oxygen atoms in total. The van der Waals surface area contributed by atoms with Crippen molar-refractivity contribution in [1.29, 1.82) is 0 Å². The monoisotopic (exact) mass is 500 g/mol. The summed E-state index contributed by atoms with van der Waals surface area (Å²) >= 11 is 0. The second-order valence-electron chi connectivity index (χ2n) is 9.30. The zero-order chi connectivity index (χ0) is 26.6. The normalized spacial score (nSPS) is 12.9. The maximum absolute atomic E-state index is 14.3. The number of ketones is 1. The van der Waals surface area contributed by atoms with E-state index in [1.54, 1.807) is 12.1 Å². The van der Waals surface area contributed by atoms with E-state index >= 15 is 0 Å².